The van der Waals surface area contributed by atoms with Gasteiger partial charge in [0.05, 0.1) is 6.42 Å². The van der Waals surface area contributed by atoms with Gasteiger partial charge in [0, 0.05) is 31.0 Å². The number of nitrogens with zero attached hydrogens (tertiary/aromatic N) is 1. The van der Waals surface area contributed by atoms with Crippen molar-refractivity contribution >= 4 is 23.5 Å². The zero-order valence-electron chi connectivity index (χ0n) is 16.9. The van der Waals surface area contributed by atoms with Crippen molar-refractivity contribution in [2.75, 3.05) is 26.2 Å². The molecule has 7 heteroatoms. The molecule has 28 heavy (non-hydrogen) atoms. The van der Waals surface area contributed by atoms with Crippen molar-refractivity contribution in [3.05, 3.63) is 35.4 Å². The van der Waals surface area contributed by atoms with E-state index in [0.29, 0.717) is 29.9 Å². The quantitative estimate of drug-likeness (QED) is 0.232. The molecule has 0 saturated carbocycles. The smallest absolute Gasteiger partial charge is 0.267 e. The Kier molecular flexibility index (Phi) is 10.8. The maximum Gasteiger partial charge on any atom is 0.267 e. The van der Waals surface area contributed by atoms with E-state index in [-0.39, 0.29) is 24.4 Å². The third-order valence-corrected chi connectivity index (χ3v) is 4.36. The average Bonchev–Trinajstić information content (AvgIpc) is 2.70. The van der Waals surface area contributed by atoms with Crippen LogP contribution in [0.4, 0.5) is 0 Å². The first-order valence-electron chi connectivity index (χ1n) is 9.57. The Morgan fingerprint density at radius 2 is 1.86 bits per heavy atom. The van der Waals surface area contributed by atoms with Crippen molar-refractivity contribution in [1.82, 2.24) is 10.4 Å². The van der Waals surface area contributed by atoms with E-state index in [1.165, 1.54) is 17.6 Å². The zero-order chi connectivity index (χ0) is 20.9. The Balaban J connectivity index is 2.95. The van der Waals surface area contributed by atoms with E-state index >= 15 is 0 Å². The summed E-state index contributed by atoms with van der Waals surface area (Å²) < 4.78 is 5.88. The summed E-state index contributed by atoms with van der Waals surface area (Å²) in [4.78, 5) is 37.2. The number of hydrogen-bond donors (Lipinski definition) is 2. The molecule has 0 fully saturated rings. The Hall–Kier alpha value is -2.51. The van der Waals surface area contributed by atoms with Crippen molar-refractivity contribution in [2.24, 2.45) is 0 Å². The first-order chi connectivity index (χ1) is 13.4. The van der Waals surface area contributed by atoms with Gasteiger partial charge in [-0.05, 0) is 36.9 Å². The molecule has 154 valence electrons. The number of hydroxylamine groups is 1. The zero-order valence-corrected chi connectivity index (χ0v) is 16.9. The molecule has 0 aliphatic carbocycles. The molecule has 0 atom stereocenters. The first-order valence-corrected chi connectivity index (χ1v) is 9.57. The topological polar surface area (TPSA) is 95.9 Å². The molecule has 0 spiro atoms. The summed E-state index contributed by atoms with van der Waals surface area (Å²) in [5.74, 6) is -0.321. The summed E-state index contributed by atoms with van der Waals surface area (Å²) in [7, 11) is 0. The minimum Gasteiger partial charge on any atom is -0.492 e. The number of amides is 1. The van der Waals surface area contributed by atoms with Gasteiger partial charge in [0.25, 0.3) is 5.91 Å². The monoisotopic (exact) mass is 390 g/mol. The number of Topliss-reactive ketones (excluding diaryl/α,β-unsaturated/α-hetero) is 2. The molecule has 0 aromatic heterocycles. The van der Waals surface area contributed by atoms with E-state index in [1.807, 2.05) is 0 Å². The standard InChI is InChI=1S/C21H30N2O5/c1-4-18(24)15-19(25)14-17-13-16(8-10-21(26)22-27)7-9-20(17)28-12-11-23(5-2)6-3/h7-10,13,27H,4-6,11-12,14-15H2,1-3H3,(H,22,26)/b10-8+. The van der Waals surface area contributed by atoms with Gasteiger partial charge in [-0.1, -0.05) is 26.8 Å². The molecule has 0 heterocycles. The first kappa shape index (κ1) is 23.5. The summed E-state index contributed by atoms with van der Waals surface area (Å²) in [5.41, 5.74) is 2.88. The Labute approximate surface area is 166 Å². The summed E-state index contributed by atoms with van der Waals surface area (Å²) in [6.45, 7) is 9.02. The van der Waals surface area contributed by atoms with Crippen LogP contribution in [0.15, 0.2) is 24.3 Å². The molecule has 2 N–H and O–H groups in total. The lowest BCUT2D eigenvalue weighted by Gasteiger charge is -2.19. The van der Waals surface area contributed by atoms with E-state index < -0.39 is 5.91 Å². The van der Waals surface area contributed by atoms with Crippen LogP contribution in [-0.4, -0.2) is 53.8 Å². The summed E-state index contributed by atoms with van der Waals surface area (Å²) in [5, 5.41) is 8.57. The molecule has 1 amide bonds. The van der Waals surface area contributed by atoms with Crippen LogP contribution >= 0.6 is 0 Å². The van der Waals surface area contributed by atoms with E-state index in [0.717, 1.165) is 19.6 Å². The minimum absolute atomic E-state index is 0.0836. The van der Waals surface area contributed by atoms with Crippen LogP contribution in [0.5, 0.6) is 5.75 Å². The number of carbonyl (C=O) groups is 3. The number of ketones is 2. The van der Waals surface area contributed by atoms with Crippen LogP contribution in [0.25, 0.3) is 6.08 Å². The van der Waals surface area contributed by atoms with Gasteiger partial charge in [0.15, 0.2) is 0 Å². The lowest BCUT2D eigenvalue weighted by atomic mass is 10.0. The molecular formula is C21H30N2O5. The number of ether oxygens (including phenoxy) is 1. The molecule has 0 aliphatic heterocycles. The minimum atomic E-state index is -0.647. The molecule has 1 aromatic carbocycles. The molecule has 0 radical (unpaired) electrons. The van der Waals surface area contributed by atoms with Crippen LogP contribution in [0.1, 0.15) is 44.7 Å². The molecule has 7 nitrogen and oxygen atoms in total. The van der Waals surface area contributed by atoms with Crippen molar-refractivity contribution in [1.29, 1.82) is 0 Å². The third-order valence-electron chi connectivity index (χ3n) is 4.36. The van der Waals surface area contributed by atoms with Gasteiger partial charge in [0.2, 0.25) is 0 Å². The van der Waals surface area contributed by atoms with Crippen LogP contribution in [0, 0.1) is 0 Å². The predicted octanol–water partition coefficient (Wildman–Crippen LogP) is 2.41. The van der Waals surface area contributed by atoms with Gasteiger partial charge in [0.1, 0.15) is 23.9 Å². The highest BCUT2D eigenvalue weighted by Gasteiger charge is 2.13. The van der Waals surface area contributed by atoms with E-state index in [4.69, 9.17) is 9.94 Å². The molecule has 0 aliphatic rings. The number of benzene rings is 1. The lowest BCUT2D eigenvalue weighted by molar-refractivity contribution is -0.126. The van der Waals surface area contributed by atoms with Crippen LogP contribution < -0.4 is 10.2 Å². The molecule has 1 aromatic rings. The van der Waals surface area contributed by atoms with Crippen molar-refractivity contribution < 1.29 is 24.3 Å². The predicted molar refractivity (Wildman–Crippen MR) is 107 cm³/mol. The largest absolute Gasteiger partial charge is 0.492 e. The SMILES string of the molecule is CCC(=O)CC(=O)Cc1cc(/C=C/C(=O)NO)ccc1OCCN(CC)CC. The number of rotatable bonds is 13. The van der Waals surface area contributed by atoms with Crippen molar-refractivity contribution in [3.63, 3.8) is 0 Å². The van der Waals surface area contributed by atoms with Crippen molar-refractivity contribution in [2.45, 2.75) is 40.0 Å². The fourth-order valence-corrected chi connectivity index (χ4v) is 2.64. The number of nitrogens with one attached hydrogen (secondary N) is 1. The van der Waals surface area contributed by atoms with E-state index in [2.05, 4.69) is 18.7 Å². The molecule has 0 bridgehead atoms. The van der Waals surface area contributed by atoms with Gasteiger partial charge < -0.3 is 9.64 Å². The van der Waals surface area contributed by atoms with Gasteiger partial charge >= 0.3 is 0 Å². The fourth-order valence-electron chi connectivity index (χ4n) is 2.64. The van der Waals surface area contributed by atoms with E-state index in [1.54, 1.807) is 25.1 Å². The summed E-state index contributed by atoms with van der Waals surface area (Å²) in [6, 6.07) is 5.27. The molecule has 0 saturated heterocycles. The van der Waals surface area contributed by atoms with Gasteiger partial charge in [-0.2, -0.15) is 0 Å². The second-order valence-electron chi connectivity index (χ2n) is 6.34. The molecule has 0 unspecified atom stereocenters. The van der Waals surface area contributed by atoms with E-state index in [9.17, 15) is 14.4 Å². The summed E-state index contributed by atoms with van der Waals surface area (Å²) in [6.07, 6.45) is 3.03. The number of likely N-dealkylation sites (N-methyl/N-ethyl adjacent to an activating group) is 1. The van der Waals surface area contributed by atoms with Crippen molar-refractivity contribution in [3.8, 4) is 5.75 Å². The fraction of sp³-hybridized carbons (Fsp3) is 0.476. The highest BCUT2D eigenvalue weighted by Crippen LogP contribution is 2.22. The highest BCUT2D eigenvalue weighted by molar-refractivity contribution is 6.00. The molecule has 1 rings (SSSR count). The number of carbonyl (C=O) groups excluding carboxylic acids is 3. The second kappa shape index (κ2) is 12.8. The van der Waals surface area contributed by atoms with Gasteiger partial charge in [-0.25, -0.2) is 5.48 Å². The van der Waals surface area contributed by atoms with Crippen LogP contribution in [0.2, 0.25) is 0 Å². The lowest BCUT2D eigenvalue weighted by Crippen LogP contribution is -2.28. The third kappa shape index (κ3) is 8.45. The highest BCUT2D eigenvalue weighted by atomic mass is 16.5. The maximum absolute atomic E-state index is 12.2. The summed E-state index contributed by atoms with van der Waals surface area (Å²) >= 11 is 0. The van der Waals surface area contributed by atoms with Gasteiger partial charge in [-0.15, -0.1) is 0 Å². The van der Waals surface area contributed by atoms with Crippen LogP contribution in [0.3, 0.4) is 0 Å². The number of hydrogen-bond acceptors (Lipinski definition) is 6. The van der Waals surface area contributed by atoms with Gasteiger partial charge in [-0.3, -0.25) is 19.6 Å². The second-order valence-corrected chi connectivity index (χ2v) is 6.34. The Morgan fingerprint density at radius 1 is 1.14 bits per heavy atom. The maximum atomic E-state index is 12.2. The average molecular weight is 390 g/mol. The Morgan fingerprint density at radius 3 is 2.46 bits per heavy atom. The van der Waals surface area contributed by atoms with Crippen LogP contribution in [-0.2, 0) is 20.8 Å². The molecular weight excluding hydrogens is 360 g/mol. The normalized spacial score (nSPS) is 11.0. The Bertz CT molecular complexity index is 696.